The van der Waals surface area contributed by atoms with E-state index >= 15 is 0 Å². The number of guanidine groups is 1. The molecule has 0 rings (SSSR count). The average molecular weight is 504 g/mol. The number of carboxylic acid groups (broad SMARTS) is 1. The number of aliphatic hydroxyl groups is 1. The molecule has 0 saturated heterocycles. The summed E-state index contributed by atoms with van der Waals surface area (Å²) < 4.78 is 0. The number of carbonyl (C=O) groups excluding carboxylic acids is 4. The molecule has 4 amide bonds. The molecule has 0 spiro atoms. The molecule has 4 atom stereocenters. The largest absolute Gasteiger partial charge is 0.480 e. The average Bonchev–Trinajstić information content (AvgIpc) is 2.77. The van der Waals surface area contributed by atoms with Crippen molar-refractivity contribution in [2.24, 2.45) is 33.7 Å². The van der Waals surface area contributed by atoms with Crippen LogP contribution in [0.15, 0.2) is 4.99 Å². The van der Waals surface area contributed by atoms with Gasteiger partial charge in [0.05, 0.1) is 19.1 Å². The van der Waals surface area contributed by atoms with E-state index in [2.05, 4.69) is 20.9 Å². The molecule has 0 aliphatic rings. The third kappa shape index (κ3) is 13.7. The van der Waals surface area contributed by atoms with Gasteiger partial charge in [0.2, 0.25) is 23.6 Å². The highest BCUT2D eigenvalue weighted by atomic mass is 16.4. The molecule has 15 N–H and O–H groups in total. The molecule has 4 unspecified atom stereocenters. The van der Waals surface area contributed by atoms with Crippen molar-refractivity contribution in [3.63, 3.8) is 0 Å². The van der Waals surface area contributed by atoms with E-state index in [-0.39, 0.29) is 31.8 Å². The molecular weight excluding hydrogens is 466 g/mol. The second-order valence-corrected chi connectivity index (χ2v) is 7.71. The van der Waals surface area contributed by atoms with Gasteiger partial charge in [-0.3, -0.25) is 24.2 Å². The van der Waals surface area contributed by atoms with E-state index in [0.29, 0.717) is 19.4 Å². The van der Waals surface area contributed by atoms with E-state index in [9.17, 15) is 29.1 Å². The van der Waals surface area contributed by atoms with Gasteiger partial charge in [-0.25, -0.2) is 4.79 Å². The summed E-state index contributed by atoms with van der Waals surface area (Å²) >= 11 is 0. The molecule has 0 aliphatic heterocycles. The Morgan fingerprint density at radius 1 is 0.800 bits per heavy atom. The van der Waals surface area contributed by atoms with Crippen molar-refractivity contribution in [3.8, 4) is 0 Å². The number of carboxylic acids is 1. The monoisotopic (exact) mass is 503 g/mol. The van der Waals surface area contributed by atoms with Crippen LogP contribution in [0, 0.1) is 0 Å². The molecular formula is C19H37N9O7. The van der Waals surface area contributed by atoms with Gasteiger partial charge >= 0.3 is 5.97 Å². The predicted molar refractivity (Wildman–Crippen MR) is 125 cm³/mol. The molecule has 0 saturated carbocycles. The number of rotatable bonds is 18. The third-order valence-corrected chi connectivity index (χ3v) is 4.71. The zero-order valence-electron chi connectivity index (χ0n) is 19.4. The van der Waals surface area contributed by atoms with E-state index in [1.165, 1.54) is 0 Å². The lowest BCUT2D eigenvalue weighted by Crippen LogP contribution is -2.57. The molecule has 16 heteroatoms. The van der Waals surface area contributed by atoms with Gasteiger partial charge in [-0.2, -0.15) is 0 Å². The highest BCUT2D eigenvalue weighted by molar-refractivity contribution is 5.95. The number of aliphatic imine (C=N–C) groups is 1. The van der Waals surface area contributed by atoms with Gasteiger partial charge in [-0.15, -0.1) is 0 Å². The minimum Gasteiger partial charge on any atom is -0.480 e. The standard InChI is InChI=1S/C19H37N9O7/c20-6-2-1-4-11(26-15(31)10(21)8-14(22)30)16(32)27-12(5-3-7-25-19(23)24)17(33)28-13(9-29)18(34)35/h10-13,29H,1-9,20-21H2,(H2,22,30)(H,26,31)(H,27,32)(H,28,33)(H,34,35)(H4,23,24,25). The molecule has 16 nitrogen and oxygen atoms in total. The van der Waals surface area contributed by atoms with Crippen LogP contribution in [0.3, 0.4) is 0 Å². The van der Waals surface area contributed by atoms with Gasteiger partial charge in [-0.1, -0.05) is 0 Å². The molecule has 0 bridgehead atoms. The molecule has 0 radical (unpaired) electrons. The molecule has 0 aromatic heterocycles. The van der Waals surface area contributed by atoms with E-state index in [1.807, 2.05) is 0 Å². The quantitative estimate of drug-likeness (QED) is 0.0479. The third-order valence-electron chi connectivity index (χ3n) is 4.71. The first kappa shape index (κ1) is 31.5. The summed E-state index contributed by atoms with van der Waals surface area (Å²) in [5.41, 5.74) is 26.7. The van der Waals surface area contributed by atoms with Crippen LogP contribution in [-0.2, 0) is 24.0 Å². The number of aliphatic carboxylic acids is 1. The molecule has 200 valence electrons. The maximum absolute atomic E-state index is 13.0. The summed E-state index contributed by atoms with van der Waals surface area (Å²) in [6.45, 7) is -0.398. The summed E-state index contributed by atoms with van der Waals surface area (Å²) in [6.07, 6.45) is 0.960. The topological polar surface area (TPSA) is 304 Å². The first-order valence-electron chi connectivity index (χ1n) is 11.0. The van der Waals surface area contributed by atoms with Gasteiger partial charge in [0.1, 0.15) is 18.1 Å². The number of amides is 4. The van der Waals surface area contributed by atoms with Crippen molar-refractivity contribution < 1.29 is 34.2 Å². The summed E-state index contributed by atoms with van der Waals surface area (Å²) in [6, 6.07) is -5.24. The first-order chi connectivity index (χ1) is 16.4. The van der Waals surface area contributed by atoms with E-state index in [0.717, 1.165) is 0 Å². The van der Waals surface area contributed by atoms with Crippen LogP contribution in [0.1, 0.15) is 38.5 Å². The van der Waals surface area contributed by atoms with Crippen LogP contribution < -0.4 is 44.6 Å². The summed E-state index contributed by atoms with van der Waals surface area (Å²) in [5.74, 6) is -4.86. The number of unbranched alkanes of at least 4 members (excludes halogenated alkanes) is 1. The normalized spacial score (nSPS) is 14.0. The highest BCUT2D eigenvalue weighted by Crippen LogP contribution is 2.06. The Morgan fingerprint density at radius 3 is 1.77 bits per heavy atom. The van der Waals surface area contributed by atoms with Crippen LogP contribution in [-0.4, -0.2) is 89.6 Å². The number of nitrogens with one attached hydrogen (secondary N) is 3. The van der Waals surface area contributed by atoms with Crippen LogP contribution in [0.2, 0.25) is 0 Å². The summed E-state index contributed by atoms with van der Waals surface area (Å²) in [4.78, 5) is 63.9. The van der Waals surface area contributed by atoms with Crippen LogP contribution in [0.25, 0.3) is 0 Å². The molecule has 0 aromatic rings. The Kier molecular flexibility index (Phi) is 15.3. The molecule has 0 heterocycles. The smallest absolute Gasteiger partial charge is 0.328 e. The molecule has 35 heavy (non-hydrogen) atoms. The lowest BCUT2D eigenvalue weighted by molar-refractivity contribution is -0.143. The van der Waals surface area contributed by atoms with Crippen LogP contribution in [0.4, 0.5) is 0 Å². The van der Waals surface area contributed by atoms with Crippen LogP contribution in [0.5, 0.6) is 0 Å². The molecule has 0 aliphatic carbocycles. The minimum atomic E-state index is -1.59. The maximum Gasteiger partial charge on any atom is 0.328 e. The number of primary amides is 1. The van der Waals surface area contributed by atoms with Crippen molar-refractivity contribution >= 4 is 35.6 Å². The summed E-state index contributed by atoms with van der Waals surface area (Å²) in [7, 11) is 0. The maximum atomic E-state index is 13.0. The van der Waals surface area contributed by atoms with E-state index < -0.39 is 66.8 Å². The molecule has 0 fully saturated rings. The van der Waals surface area contributed by atoms with Gasteiger partial charge in [0.25, 0.3) is 0 Å². The highest BCUT2D eigenvalue weighted by Gasteiger charge is 2.30. The van der Waals surface area contributed by atoms with Crippen molar-refractivity contribution in [1.82, 2.24) is 16.0 Å². The Morgan fingerprint density at radius 2 is 1.31 bits per heavy atom. The SMILES string of the molecule is NCCCCC(NC(=O)C(N)CC(N)=O)C(=O)NC(CCCN=C(N)N)C(=O)NC(CO)C(=O)O. The second kappa shape index (κ2) is 17.0. The van der Waals surface area contributed by atoms with Gasteiger partial charge in [-0.05, 0) is 38.6 Å². The number of nitrogens with zero attached hydrogens (tertiary/aromatic N) is 1. The van der Waals surface area contributed by atoms with E-state index in [1.54, 1.807) is 0 Å². The van der Waals surface area contributed by atoms with E-state index in [4.69, 9.17) is 33.8 Å². The lowest BCUT2D eigenvalue weighted by Gasteiger charge is -2.25. The minimum absolute atomic E-state index is 0.0107. The number of nitrogens with two attached hydrogens (primary N) is 5. The Bertz CT molecular complexity index is 759. The van der Waals surface area contributed by atoms with Crippen molar-refractivity contribution in [2.45, 2.75) is 62.7 Å². The Labute approximate surface area is 202 Å². The Balaban J connectivity index is 5.54. The number of hydrogen-bond acceptors (Lipinski definition) is 9. The van der Waals surface area contributed by atoms with Crippen molar-refractivity contribution in [3.05, 3.63) is 0 Å². The van der Waals surface area contributed by atoms with Gasteiger partial charge in [0, 0.05) is 6.54 Å². The fourth-order valence-corrected chi connectivity index (χ4v) is 2.85. The number of aliphatic hydroxyl groups excluding tert-OH is 1. The van der Waals surface area contributed by atoms with Gasteiger partial charge in [0.15, 0.2) is 5.96 Å². The van der Waals surface area contributed by atoms with Crippen molar-refractivity contribution in [1.29, 1.82) is 0 Å². The number of carbonyl (C=O) groups is 5. The zero-order valence-corrected chi connectivity index (χ0v) is 19.4. The summed E-state index contributed by atoms with van der Waals surface area (Å²) in [5, 5.41) is 25.3. The van der Waals surface area contributed by atoms with Crippen LogP contribution >= 0.6 is 0 Å². The fourth-order valence-electron chi connectivity index (χ4n) is 2.85. The Hall–Kier alpha value is -3.50. The van der Waals surface area contributed by atoms with Gasteiger partial charge < -0.3 is 54.8 Å². The first-order valence-corrected chi connectivity index (χ1v) is 11.0. The zero-order chi connectivity index (χ0) is 27.0. The molecule has 0 aromatic carbocycles. The second-order valence-electron chi connectivity index (χ2n) is 7.71. The fraction of sp³-hybridized carbons (Fsp3) is 0.684. The number of hydrogen-bond donors (Lipinski definition) is 10. The lowest BCUT2D eigenvalue weighted by atomic mass is 10.0. The van der Waals surface area contributed by atoms with Crippen molar-refractivity contribution in [2.75, 3.05) is 19.7 Å². The predicted octanol–water partition coefficient (Wildman–Crippen LogP) is -5.10.